The smallest absolute Gasteiger partial charge is 0.331 e. The Morgan fingerprint density at radius 2 is 2.27 bits per heavy atom. The molecule has 26 heavy (non-hydrogen) atoms. The molecular weight excluding hydrogens is 334 g/mol. The number of aromatic hydroxyl groups is 1. The predicted octanol–water partition coefficient (Wildman–Crippen LogP) is 1.38. The number of nitrogens with one attached hydrogen (secondary N) is 1. The summed E-state index contributed by atoms with van der Waals surface area (Å²) >= 11 is 0. The molecule has 136 valence electrons. The maximum absolute atomic E-state index is 12.1. The Bertz CT molecular complexity index is 917. The van der Waals surface area contributed by atoms with Crippen molar-refractivity contribution in [2.75, 3.05) is 6.54 Å². The molecule has 0 spiro atoms. The summed E-state index contributed by atoms with van der Waals surface area (Å²) in [5.74, 6) is -0.419. The summed E-state index contributed by atoms with van der Waals surface area (Å²) < 4.78 is 1.03. The van der Waals surface area contributed by atoms with Gasteiger partial charge in [-0.15, -0.1) is 6.58 Å². The molecular formula is C18H21N5O3. The highest BCUT2D eigenvalue weighted by atomic mass is 16.3. The predicted molar refractivity (Wildman–Crippen MR) is 98.3 cm³/mol. The van der Waals surface area contributed by atoms with Crippen LogP contribution in [0.15, 0.2) is 51.9 Å². The van der Waals surface area contributed by atoms with Crippen LogP contribution >= 0.6 is 0 Å². The molecule has 0 aromatic carbocycles. The fraction of sp³-hybridized carbons (Fsp3) is 0.333. The lowest BCUT2D eigenvalue weighted by Gasteiger charge is -2.33. The van der Waals surface area contributed by atoms with Gasteiger partial charge in [-0.25, -0.2) is 4.79 Å². The zero-order chi connectivity index (χ0) is 18.5. The van der Waals surface area contributed by atoms with Crippen molar-refractivity contribution >= 4 is 6.21 Å². The number of hydrogen-bond donors (Lipinski definition) is 2. The first-order valence-electron chi connectivity index (χ1n) is 8.49. The van der Waals surface area contributed by atoms with Crippen LogP contribution in [-0.4, -0.2) is 37.4 Å². The van der Waals surface area contributed by atoms with Crippen LogP contribution in [0.5, 0.6) is 5.88 Å². The van der Waals surface area contributed by atoms with Gasteiger partial charge >= 0.3 is 5.69 Å². The van der Waals surface area contributed by atoms with Crippen LogP contribution in [-0.2, 0) is 6.54 Å². The minimum atomic E-state index is -0.684. The molecule has 1 fully saturated rings. The number of hydrazone groups is 1. The average Bonchev–Trinajstić information content (AvgIpc) is 2.66. The third-order valence-electron chi connectivity index (χ3n) is 4.40. The summed E-state index contributed by atoms with van der Waals surface area (Å²) in [6.07, 6.45) is 9.31. The van der Waals surface area contributed by atoms with Gasteiger partial charge in [0.15, 0.2) is 0 Å². The SMILES string of the molecule is C=CCn1c(O)c(/C=N/N2CCCCC2c2cccnc2)c(=O)[nH]c1=O. The number of nitrogens with zero attached hydrogens (tertiary/aromatic N) is 4. The van der Waals surface area contributed by atoms with Crippen LogP contribution in [0.2, 0.25) is 0 Å². The lowest BCUT2D eigenvalue weighted by Crippen LogP contribution is -2.33. The van der Waals surface area contributed by atoms with Gasteiger partial charge in [0, 0.05) is 25.5 Å². The second kappa shape index (κ2) is 7.81. The molecule has 3 heterocycles. The molecule has 3 rings (SSSR count). The van der Waals surface area contributed by atoms with E-state index >= 15 is 0 Å². The van der Waals surface area contributed by atoms with Crippen molar-refractivity contribution in [3.8, 4) is 5.88 Å². The van der Waals surface area contributed by atoms with E-state index in [0.29, 0.717) is 0 Å². The van der Waals surface area contributed by atoms with Crippen molar-refractivity contribution in [2.45, 2.75) is 31.8 Å². The van der Waals surface area contributed by atoms with E-state index in [-0.39, 0.29) is 18.2 Å². The molecule has 1 aliphatic rings. The lowest BCUT2D eigenvalue weighted by molar-refractivity contribution is 0.156. The zero-order valence-electron chi connectivity index (χ0n) is 14.3. The lowest BCUT2D eigenvalue weighted by atomic mass is 9.98. The highest BCUT2D eigenvalue weighted by Crippen LogP contribution is 2.30. The molecule has 2 aromatic rings. The number of hydrogen-bond acceptors (Lipinski definition) is 6. The van der Waals surface area contributed by atoms with Gasteiger partial charge in [-0.05, 0) is 30.9 Å². The van der Waals surface area contributed by atoms with Crippen molar-refractivity contribution in [3.63, 3.8) is 0 Å². The zero-order valence-corrected chi connectivity index (χ0v) is 14.3. The molecule has 0 amide bonds. The van der Waals surface area contributed by atoms with Gasteiger partial charge in [0.1, 0.15) is 5.56 Å². The van der Waals surface area contributed by atoms with Gasteiger partial charge in [-0.1, -0.05) is 12.1 Å². The molecule has 8 heteroatoms. The molecule has 0 aliphatic carbocycles. The van der Waals surface area contributed by atoms with E-state index in [4.69, 9.17) is 0 Å². The molecule has 1 saturated heterocycles. The Hall–Kier alpha value is -3.16. The number of allylic oxidation sites excluding steroid dienone is 1. The van der Waals surface area contributed by atoms with Crippen molar-refractivity contribution in [1.29, 1.82) is 0 Å². The Kier molecular flexibility index (Phi) is 5.31. The quantitative estimate of drug-likeness (QED) is 0.623. The van der Waals surface area contributed by atoms with Gasteiger partial charge in [0.05, 0.1) is 12.3 Å². The third-order valence-corrected chi connectivity index (χ3v) is 4.40. The fourth-order valence-electron chi connectivity index (χ4n) is 3.09. The van der Waals surface area contributed by atoms with E-state index in [1.165, 1.54) is 12.3 Å². The second-order valence-electron chi connectivity index (χ2n) is 6.10. The molecule has 8 nitrogen and oxygen atoms in total. The molecule has 1 aliphatic heterocycles. The Morgan fingerprint density at radius 1 is 1.42 bits per heavy atom. The van der Waals surface area contributed by atoms with Crippen LogP contribution in [0.1, 0.15) is 36.4 Å². The van der Waals surface area contributed by atoms with Crippen LogP contribution < -0.4 is 11.2 Å². The first-order valence-corrected chi connectivity index (χ1v) is 8.49. The van der Waals surface area contributed by atoms with Crippen molar-refractivity contribution in [2.24, 2.45) is 5.10 Å². The number of aromatic amines is 1. The van der Waals surface area contributed by atoms with Crippen molar-refractivity contribution in [1.82, 2.24) is 19.5 Å². The minimum Gasteiger partial charge on any atom is -0.494 e. The normalized spacial score (nSPS) is 17.5. The van der Waals surface area contributed by atoms with Gasteiger partial charge in [0.25, 0.3) is 5.56 Å². The molecule has 1 unspecified atom stereocenters. The van der Waals surface area contributed by atoms with E-state index in [2.05, 4.69) is 21.6 Å². The molecule has 0 saturated carbocycles. The van der Waals surface area contributed by atoms with E-state index in [1.54, 1.807) is 6.20 Å². The monoisotopic (exact) mass is 355 g/mol. The highest BCUT2D eigenvalue weighted by Gasteiger charge is 2.23. The molecule has 1 atom stereocenters. The van der Waals surface area contributed by atoms with E-state index in [1.807, 2.05) is 23.3 Å². The Balaban J connectivity index is 1.93. The van der Waals surface area contributed by atoms with E-state index in [0.717, 1.165) is 35.9 Å². The number of aromatic nitrogens is 3. The molecule has 2 N–H and O–H groups in total. The van der Waals surface area contributed by atoms with Gasteiger partial charge < -0.3 is 5.11 Å². The molecule has 0 bridgehead atoms. The Morgan fingerprint density at radius 3 is 3.00 bits per heavy atom. The second-order valence-corrected chi connectivity index (χ2v) is 6.10. The number of H-pyrrole nitrogens is 1. The topological polar surface area (TPSA) is 104 Å². The fourth-order valence-corrected chi connectivity index (χ4v) is 3.09. The van der Waals surface area contributed by atoms with Gasteiger partial charge in [-0.2, -0.15) is 5.10 Å². The first kappa shape index (κ1) is 17.7. The summed E-state index contributed by atoms with van der Waals surface area (Å²) in [7, 11) is 0. The van der Waals surface area contributed by atoms with Crippen LogP contribution in [0.3, 0.4) is 0 Å². The Labute approximate surface area is 150 Å². The maximum atomic E-state index is 12.1. The van der Waals surface area contributed by atoms with Crippen LogP contribution in [0, 0.1) is 0 Å². The minimum absolute atomic E-state index is 0.0537. The van der Waals surface area contributed by atoms with Gasteiger partial charge in [0.2, 0.25) is 5.88 Å². The summed E-state index contributed by atoms with van der Waals surface area (Å²) in [5, 5.41) is 16.6. The number of piperidine rings is 1. The van der Waals surface area contributed by atoms with E-state index in [9.17, 15) is 14.7 Å². The molecule has 2 aromatic heterocycles. The summed E-state index contributed by atoms with van der Waals surface area (Å²) in [6, 6.07) is 3.95. The van der Waals surface area contributed by atoms with Crippen LogP contribution in [0.25, 0.3) is 0 Å². The molecule has 0 radical (unpaired) electrons. The largest absolute Gasteiger partial charge is 0.494 e. The summed E-state index contributed by atoms with van der Waals surface area (Å²) in [5.41, 5.74) is -0.358. The first-order chi connectivity index (χ1) is 12.6. The summed E-state index contributed by atoms with van der Waals surface area (Å²) in [6.45, 7) is 4.37. The van der Waals surface area contributed by atoms with E-state index < -0.39 is 17.1 Å². The average molecular weight is 355 g/mol. The third kappa shape index (κ3) is 3.58. The number of rotatable bonds is 5. The van der Waals surface area contributed by atoms with Crippen LogP contribution in [0.4, 0.5) is 0 Å². The highest BCUT2D eigenvalue weighted by molar-refractivity contribution is 5.81. The summed E-state index contributed by atoms with van der Waals surface area (Å²) in [4.78, 5) is 30.2. The van der Waals surface area contributed by atoms with Gasteiger partial charge in [-0.3, -0.25) is 24.3 Å². The standard InChI is InChI=1S/C18H21N5O3/c1-2-9-22-17(25)14(16(24)21-18(22)26)12-20-23-10-4-3-7-15(23)13-6-5-8-19-11-13/h2,5-6,8,11-12,15,25H,1,3-4,7,9-10H2,(H,21,24,26)/b20-12+. The van der Waals surface area contributed by atoms with Crippen molar-refractivity contribution in [3.05, 3.63) is 69.1 Å². The van der Waals surface area contributed by atoms with Crippen molar-refractivity contribution < 1.29 is 5.11 Å². The number of pyridine rings is 1. The maximum Gasteiger partial charge on any atom is 0.331 e.